The predicted octanol–water partition coefficient (Wildman–Crippen LogP) is 2.24. The van der Waals surface area contributed by atoms with Crippen molar-refractivity contribution in [2.45, 2.75) is 52.7 Å². The maximum atomic E-state index is 12.0. The largest absolute Gasteiger partial charge is 0.444 e. The van der Waals surface area contributed by atoms with Crippen molar-refractivity contribution >= 4 is 6.09 Å². The van der Waals surface area contributed by atoms with Crippen LogP contribution in [0.1, 0.15) is 41.0 Å². The Morgan fingerprint density at radius 3 is 2.41 bits per heavy atom. The first-order chi connectivity index (χ1) is 7.65. The second-order valence-electron chi connectivity index (χ2n) is 6.52. The topological polar surface area (TPSA) is 41.6 Å². The van der Waals surface area contributed by atoms with E-state index in [1.165, 1.54) is 0 Å². The van der Waals surface area contributed by atoms with Gasteiger partial charge in [-0.3, -0.25) is 0 Å². The van der Waals surface area contributed by atoms with Crippen LogP contribution in [-0.4, -0.2) is 42.8 Å². The lowest BCUT2D eigenvalue weighted by molar-refractivity contribution is 0.00293. The first-order valence-corrected chi connectivity index (χ1v) is 6.31. The Labute approximate surface area is 105 Å². The van der Waals surface area contributed by atoms with E-state index >= 15 is 0 Å². The zero-order chi connectivity index (χ0) is 13.3. The van der Waals surface area contributed by atoms with Crippen LogP contribution in [0.4, 0.5) is 4.79 Å². The Morgan fingerprint density at radius 2 is 2.00 bits per heavy atom. The summed E-state index contributed by atoms with van der Waals surface area (Å²) in [5, 5.41) is 3.32. The first-order valence-electron chi connectivity index (χ1n) is 6.31. The van der Waals surface area contributed by atoms with Crippen LogP contribution in [0.25, 0.3) is 0 Å². The summed E-state index contributed by atoms with van der Waals surface area (Å²) in [4.78, 5) is 13.8. The predicted molar refractivity (Wildman–Crippen MR) is 69.1 cm³/mol. The van der Waals surface area contributed by atoms with E-state index in [4.69, 9.17) is 4.74 Å². The van der Waals surface area contributed by atoms with Crippen molar-refractivity contribution in [3.63, 3.8) is 0 Å². The third-order valence-electron chi connectivity index (χ3n) is 3.23. The van der Waals surface area contributed by atoms with Crippen LogP contribution in [0.3, 0.4) is 0 Å². The summed E-state index contributed by atoms with van der Waals surface area (Å²) in [5.74, 6) is 0. The van der Waals surface area contributed by atoms with E-state index in [-0.39, 0.29) is 11.5 Å². The molecule has 1 heterocycles. The lowest BCUT2D eigenvalue weighted by Gasteiger charge is -2.44. The Hall–Kier alpha value is -0.770. The molecule has 1 amide bonds. The second kappa shape index (κ2) is 4.84. The van der Waals surface area contributed by atoms with Crippen LogP contribution < -0.4 is 5.32 Å². The molecule has 0 saturated carbocycles. The molecule has 0 spiro atoms. The quantitative estimate of drug-likeness (QED) is 0.766. The molecule has 1 atom stereocenters. The van der Waals surface area contributed by atoms with E-state index in [2.05, 4.69) is 19.2 Å². The van der Waals surface area contributed by atoms with E-state index in [1.807, 2.05) is 32.7 Å². The van der Waals surface area contributed by atoms with Crippen molar-refractivity contribution in [3.8, 4) is 0 Å². The number of carbonyl (C=O) groups excluding carboxylic acids is 1. The monoisotopic (exact) mass is 242 g/mol. The molecule has 1 N–H and O–H groups in total. The van der Waals surface area contributed by atoms with E-state index < -0.39 is 5.60 Å². The summed E-state index contributed by atoms with van der Waals surface area (Å²) < 4.78 is 5.41. The fourth-order valence-electron chi connectivity index (χ4n) is 2.37. The SMILES string of the molecule is CN[C@@H]1CCN(C(=O)OC(C)(C)C)CC1(C)C. The van der Waals surface area contributed by atoms with Gasteiger partial charge in [0.05, 0.1) is 0 Å². The number of hydrogen-bond acceptors (Lipinski definition) is 3. The number of likely N-dealkylation sites (tertiary alicyclic amines) is 1. The second-order valence-corrected chi connectivity index (χ2v) is 6.52. The lowest BCUT2D eigenvalue weighted by atomic mass is 9.79. The third kappa shape index (κ3) is 3.87. The van der Waals surface area contributed by atoms with E-state index in [0.29, 0.717) is 6.04 Å². The van der Waals surface area contributed by atoms with Gasteiger partial charge in [0.1, 0.15) is 5.60 Å². The Balaban J connectivity index is 2.62. The zero-order valence-electron chi connectivity index (χ0n) is 12.0. The van der Waals surface area contributed by atoms with E-state index in [1.54, 1.807) is 0 Å². The van der Waals surface area contributed by atoms with Gasteiger partial charge >= 0.3 is 6.09 Å². The Kier molecular flexibility index (Phi) is 4.07. The number of piperidine rings is 1. The Bertz CT molecular complexity index is 282. The van der Waals surface area contributed by atoms with Crippen LogP contribution in [0, 0.1) is 5.41 Å². The summed E-state index contributed by atoms with van der Waals surface area (Å²) in [7, 11) is 1.98. The average molecular weight is 242 g/mol. The number of rotatable bonds is 1. The van der Waals surface area contributed by atoms with Crippen LogP contribution in [0.15, 0.2) is 0 Å². The van der Waals surface area contributed by atoms with Crippen molar-refractivity contribution in [2.24, 2.45) is 5.41 Å². The summed E-state index contributed by atoms with van der Waals surface area (Å²) in [6.07, 6.45) is 0.781. The molecular weight excluding hydrogens is 216 g/mol. The van der Waals surface area contributed by atoms with Gasteiger partial charge in [0.15, 0.2) is 0 Å². The van der Waals surface area contributed by atoms with Gasteiger partial charge in [0.25, 0.3) is 0 Å². The number of hydrogen-bond donors (Lipinski definition) is 1. The normalized spacial score (nSPS) is 24.6. The number of carbonyl (C=O) groups is 1. The van der Waals surface area contributed by atoms with Crippen molar-refractivity contribution in [3.05, 3.63) is 0 Å². The van der Waals surface area contributed by atoms with E-state index in [0.717, 1.165) is 19.5 Å². The first kappa shape index (κ1) is 14.3. The number of ether oxygens (including phenoxy) is 1. The lowest BCUT2D eigenvalue weighted by Crippen LogP contribution is -2.55. The average Bonchev–Trinajstić information content (AvgIpc) is 2.13. The van der Waals surface area contributed by atoms with Crippen molar-refractivity contribution in [1.29, 1.82) is 0 Å². The van der Waals surface area contributed by atoms with Crippen LogP contribution in [0.2, 0.25) is 0 Å². The van der Waals surface area contributed by atoms with Gasteiger partial charge in [-0.25, -0.2) is 4.79 Å². The highest BCUT2D eigenvalue weighted by Gasteiger charge is 2.37. The fraction of sp³-hybridized carbons (Fsp3) is 0.923. The highest BCUT2D eigenvalue weighted by molar-refractivity contribution is 5.68. The molecule has 1 aliphatic rings. The molecule has 1 rings (SSSR count). The minimum atomic E-state index is -0.416. The molecule has 0 bridgehead atoms. The summed E-state index contributed by atoms with van der Waals surface area (Å²) >= 11 is 0. The molecule has 1 fully saturated rings. The summed E-state index contributed by atoms with van der Waals surface area (Å²) in [5.41, 5.74) is -0.328. The van der Waals surface area contributed by atoms with Crippen LogP contribution in [-0.2, 0) is 4.74 Å². The van der Waals surface area contributed by atoms with Gasteiger partial charge in [-0.1, -0.05) is 13.8 Å². The van der Waals surface area contributed by atoms with Gasteiger partial charge in [-0.2, -0.15) is 0 Å². The highest BCUT2D eigenvalue weighted by Crippen LogP contribution is 2.29. The molecule has 4 heteroatoms. The molecular formula is C13H26N2O2. The number of nitrogens with zero attached hydrogens (tertiary/aromatic N) is 1. The molecule has 0 aromatic carbocycles. The van der Waals surface area contributed by atoms with Gasteiger partial charge in [-0.05, 0) is 39.7 Å². The maximum Gasteiger partial charge on any atom is 0.410 e. The van der Waals surface area contributed by atoms with Gasteiger partial charge in [0.2, 0.25) is 0 Å². The number of amides is 1. The summed E-state index contributed by atoms with van der Waals surface area (Å²) in [6, 6.07) is 0.459. The molecule has 100 valence electrons. The van der Waals surface area contributed by atoms with E-state index in [9.17, 15) is 4.79 Å². The Morgan fingerprint density at radius 1 is 1.41 bits per heavy atom. The standard InChI is InChI=1S/C13H26N2O2/c1-12(2,3)17-11(16)15-8-7-10(14-6)13(4,5)9-15/h10,14H,7-9H2,1-6H3/t10-/m1/s1. The molecule has 0 unspecified atom stereocenters. The van der Waals surface area contributed by atoms with Gasteiger partial charge in [-0.15, -0.1) is 0 Å². The maximum absolute atomic E-state index is 12.0. The zero-order valence-corrected chi connectivity index (χ0v) is 12.0. The van der Waals surface area contributed by atoms with Crippen molar-refractivity contribution in [1.82, 2.24) is 10.2 Å². The molecule has 1 aliphatic heterocycles. The smallest absolute Gasteiger partial charge is 0.410 e. The molecule has 0 aliphatic carbocycles. The molecule has 4 nitrogen and oxygen atoms in total. The molecule has 17 heavy (non-hydrogen) atoms. The third-order valence-corrected chi connectivity index (χ3v) is 3.23. The highest BCUT2D eigenvalue weighted by atomic mass is 16.6. The fourth-order valence-corrected chi connectivity index (χ4v) is 2.37. The molecule has 0 radical (unpaired) electrons. The minimum Gasteiger partial charge on any atom is -0.444 e. The molecule has 0 aromatic rings. The molecule has 0 aromatic heterocycles. The minimum absolute atomic E-state index is 0.0872. The van der Waals surface area contributed by atoms with Crippen molar-refractivity contribution in [2.75, 3.05) is 20.1 Å². The van der Waals surface area contributed by atoms with Crippen molar-refractivity contribution < 1.29 is 9.53 Å². The summed E-state index contributed by atoms with van der Waals surface area (Å²) in [6.45, 7) is 11.6. The van der Waals surface area contributed by atoms with Crippen LogP contribution in [0.5, 0.6) is 0 Å². The number of nitrogens with one attached hydrogen (secondary N) is 1. The van der Waals surface area contributed by atoms with Gasteiger partial charge < -0.3 is 15.0 Å². The van der Waals surface area contributed by atoms with Gasteiger partial charge in [0, 0.05) is 19.1 Å². The van der Waals surface area contributed by atoms with Crippen LogP contribution >= 0.6 is 0 Å². The molecule has 1 saturated heterocycles.